The third kappa shape index (κ3) is 2.22. The van der Waals surface area contributed by atoms with Crippen molar-refractivity contribution in [3.05, 3.63) is 58.6 Å². The van der Waals surface area contributed by atoms with Gasteiger partial charge in [-0.3, -0.25) is 4.79 Å². The lowest BCUT2D eigenvalue weighted by atomic mass is 10.3. The van der Waals surface area contributed by atoms with Gasteiger partial charge in [-0.2, -0.15) is 0 Å². The second-order valence-electron chi connectivity index (χ2n) is 3.26. The smallest absolute Gasteiger partial charge is 0.250 e. The van der Waals surface area contributed by atoms with Gasteiger partial charge in [-0.25, -0.2) is 4.98 Å². The van der Waals surface area contributed by atoms with Gasteiger partial charge in [0.15, 0.2) is 0 Å². The Bertz CT molecular complexity index is 502. The molecule has 0 saturated heterocycles. The van der Waals surface area contributed by atoms with Crippen molar-refractivity contribution in [3.8, 4) is 0 Å². The van der Waals surface area contributed by atoms with E-state index < -0.39 is 0 Å². The number of nitrogen functional groups attached to an aromatic ring is 1. The van der Waals surface area contributed by atoms with Crippen molar-refractivity contribution in [2.75, 3.05) is 5.73 Å². The minimum absolute atomic E-state index is 0.0191. The van der Waals surface area contributed by atoms with Crippen LogP contribution in [0.3, 0.4) is 0 Å². The number of nitrogens with two attached hydrogens (primary N) is 1. The molecule has 2 heterocycles. The molecule has 0 aliphatic carbocycles. The normalized spacial score (nSPS) is 10.1. The van der Waals surface area contributed by atoms with Crippen LogP contribution in [0.1, 0.15) is 5.56 Å². The average Bonchev–Trinajstić information content (AvgIpc) is 2.25. The maximum absolute atomic E-state index is 11.4. The molecule has 0 aromatic carbocycles. The van der Waals surface area contributed by atoms with Gasteiger partial charge in [0.2, 0.25) is 0 Å². The van der Waals surface area contributed by atoms with E-state index in [0.29, 0.717) is 12.4 Å². The van der Waals surface area contributed by atoms with Gasteiger partial charge >= 0.3 is 0 Å². The molecule has 4 heteroatoms. The fourth-order valence-corrected chi connectivity index (χ4v) is 1.32. The Morgan fingerprint density at radius 3 is 2.80 bits per heavy atom. The summed E-state index contributed by atoms with van der Waals surface area (Å²) in [6.07, 6.45) is 3.42. The number of hydrogen-bond acceptors (Lipinski definition) is 3. The van der Waals surface area contributed by atoms with Gasteiger partial charge in [-0.1, -0.05) is 12.1 Å². The number of nitrogens with zero attached hydrogens (tertiary/aromatic N) is 2. The number of pyridine rings is 2. The summed E-state index contributed by atoms with van der Waals surface area (Å²) in [5, 5.41) is 0. The topological polar surface area (TPSA) is 60.9 Å². The van der Waals surface area contributed by atoms with Crippen LogP contribution in [0, 0.1) is 0 Å². The van der Waals surface area contributed by atoms with E-state index in [0.717, 1.165) is 5.56 Å². The summed E-state index contributed by atoms with van der Waals surface area (Å²) in [6, 6.07) is 8.67. The van der Waals surface area contributed by atoms with Crippen molar-refractivity contribution in [2.45, 2.75) is 6.54 Å². The molecule has 2 aromatic heterocycles. The van der Waals surface area contributed by atoms with Crippen LogP contribution in [0.15, 0.2) is 47.5 Å². The maximum Gasteiger partial charge on any atom is 0.250 e. The fourth-order valence-electron chi connectivity index (χ4n) is 1.32. The first-order valence-corrected chi connectivity index (χ1v) is 4.61. The van der Waals surface area contributed by atoms with E-state index >= 15 is 0 Å². The first-order chi connectivity index (χ1) is 7.25. The first kappa shape index (κ1) is 9.45. The van der Waals surface area contributed by atoms with Crippen LogP contribution in [-0.4, -0.2) is 9.55 Å². The predicted molar refractivity (Wildman–Crippen MR) is 58.5 cm³/mol. The highest BCUT2D eigenvalue weighted by Crippen LogP contribution is 2.02. The lowest BCUT2D eigenvalue weighted by molar-refractivity contribution is 0.756. The molecule has 0 atom stereocenters. The van der Waals surface area contributed by atoms with E-state index in [1.807, 2.05) is 12.1 Å². The van der Waals surface area contributed by atoms with Crippen LogP contribution >= 0.6 is 0 Å². The number of hydrogen-bond donors (Lipinski definition) is 1. The zero-order chi connectivity index (χ0) is 10.7. The Labute approximate surface area is 87.0 Å². The summed E-state index contributed by atoms with van der Waals surface area (Å²) in [5.74, 6) is 0.485. The largest absolute Gasteiger partial charge is 0.384 e. The highest BCUT2D eigenvalue weighted by Gasteiger charge is 1.96. The van der Waals surface area contributed by atoms with E-state index in [2.05, 4.69) is 4.98 Å². The molecule has 15 heavy (non-hydrogen) atoms. The van der Waals surface area contributed by atoms with E-state index in [1.54, 1.807) is 29.1 Å². The molecule has 0 radical (unpaired) electrons. The van der Waals surface area contributed by atoms with Gasteiger partial charge in [0.05, 0.1) is 6.54 Å². The third-order valence-electron chi connectivity index (χ3n) is 2.10. The predicted octanol–water partition coefficient (Wildman–Crippen LogP) is 0.874. The molecule has 4 nitrogen and oxygen atoms in total. The van der Waals surface area contributed by atoms with Crippen LogP contribution in [0.25, 0.3) is 0 Å². The monoisotopic (exact) mass is 201 g/mol. The number of anilines is 1. The van der Waals surface area contributed by atoms with Gasteiger partial charge in [0, 0.05) is 18.5 Å². The molecule has 0 spiro atoms. The SMILES string of the molecule is Nc1ccc(Cn2ccccc2=O)cn1. The third-order valence-corrected chi connectivity index (χ3v) is 2.10. The lowest BCUT2D eigenvalue weighted by Crippen LogP contribution is -2.18. The van der Waals surface area contributed by atoms with Crippen LogP contribution in [-0.2, 0) is 6.54 Å². The molecule has 0 bridgehead atoms. The first-order valence-electron chi connectivity index (χ1n) is 4.61. The maximum atomic E-state index is 11.4. The molecule has 0 saturated carbocycles. The van der Waals surface area contributed by atoms with Crippen molar-refractivity contribution >= 4 is 5.82 Å². The van der Waals surface area contributed by atoms with Crippen molar-refractivity contribution in [1.29, 1.82) is 0 Å². The molecular formula is C11H11N3O. The molecule has 2 rings (SSSR count). The number of aromatic nitrogens is 2. The minimum atomic E-state index is -0.0191. The summed E-state index contributed by atoms with van der Waals surface area (Å²) in [7, 11) is 0. The lowest BCUT2D eigenvalue weighted by Gasteiger charge is -2.04. The second kappa shape index (κ2) is 3.96. The van der Waals surface area contributed by atoms with E-state index in [4.69, 9.17) is 5.73 Å². The molecule has 0 unspecified atom stereocenters. The van der Waals surface area contributed by atoms with Crippen LogP contribution in [0.2, 0.25) is 0 Å². The van der Waals surface area contributed by atoms with Crippen molar-refractivity contribution in [3.63, 3.8) is 0 Å². The van der Waals surface area contributed by atoms with Crippen LogP contribution < -0.4 is 11.3 Å². The van der Waals surface area contributed by atoms with Crippen LogP contribution in [0.5, 0.6) is 0 Å². The van der Waals surface area contributed by atoms with Gasteiger partial charge < -0.3 is 10.3 Å². The van der Waals surface area contributed by atoms with Crippen molar-refractivity contribution in [1.82, 2.24) is 9.55 Å². The average molecular weight is 201 g/mol. The zero-order valence-electron chi connectivity index (χ0n) is 8.13. The van der Waals surface area contributed by atoms with Gasteiger partial charge in [-0.05, 0) is 17.7 Å². The van der Waals surface area contributed by atoms with E-state index in [-0.39, 0.29) is 5.56 Å². The Hall–Kier alpha value is -2.10. The standard InChI is InChI=1S/C11H11N3O/c12-10-5-4-9(7-13-10)8-14-6-2-1-3-11(14)15/h1-7H,8H2,(H2,12,13). The molecule has 0 amide bonds. The van der Waals surface area contributed by atoms with Crippen molar-refractivity contribution in [2.24, 2.45) is 0 Å². The van der Waals surface area contributed by atoms with E-state index in [9.17, 15) is 4.79 Å². The number of rotatable bonds is 2. The summed E-state index contributed by atoms with van der Waals surface area (Å²) in [5.41, 5.74) is 6.41. The quantitative estimate of drug-likeness (QED) is 0.784. The Balaban J connectivity index is 2.26. The summed E-state index contributed by atoms with van der Waals surface area (Å²) in [4.78, 5) is 15.4. The molecule has 0 aliphatic rings. The highest BCUT2D eigenvalue weighted by atomic mass is 16.1. The zero-order valence-corrected chi connectivity index (χ0v) is 8.13. The van der Waals surface area contributed by atoms with Crippen molar-refractivity contribution < 1.29 is 0 Å². The Morgan fingerprint density at radius 1 is 1.27 bits per heavy atom. The minimum Gasteiger partial charge on any atom is -0.384 e. The Morgan fingerprint density at radius 2 is 2.13 bits per heavy atom. The van der Waals surface area contributed by atoms with E-state index in [1.165, 1.54) is 6.07 Å². The Kier molecular flexibility index (Phi) is 2.49. The molecule has 76 valence electrons. The van der Waals surface area contributed by atoms with Gasteiger partial charge in [-0.15, -0.1) is 0 Å². The molecule has 0 aliphatic heterocycles. The summed E-state index contributed by atoms with van der Waals surface area (Å²) in [6.45, 7) is 0.521. The van der Waals surface area contributed by atoms with Crippen LogP contribution in [0.4, 0.5) is 5.82 Å². The second-order valence-corrected chi connectivity index (χ2v) is 3.26. The fraction of sp³-hybridized carbons (Fsp3) is 0.0909. The molecule has 2 N–H and O–H groups in total. The molecule has 2 aromatic rings. The highest BCUT2D eigenvalue weighted by molar-refractivity contribution is 5.29. The molecular weight excluding hydrogens is 190 g/mol. The molecule has 0 fully saturated rings. The van der Waals surface area contributed by atoms with Gasteiger partial charge in [0.25, 0.3) is 5.56 Å². The summed E-state index contributed by atoms with van der Waals surface area (Å²) >= 11 is 0. The van der Waals surface area contributed by atoms with Gasteiger partial charge in [0.1, 0.15) is 5.82 Å². The summed E-state index contributed by atoms with van der Waals surface area (Å²) < 4.78 is 1.62.